The van der Waals surface area contributed by atoms with Crippen molar-refractivity contribution in [2.45, 2.75) is 31.6 Å². The zero-order valence-corrected chi connectivity index (χ0v) is 14.4. The van der Waals surface area contributed by atoms with E-state index in [0.717, 1.165) is 37.6 Å². The number of carbonyl (C=O) groups is 1. The van der Waals surface area contributed by atoms with Crippen molar-refractivity contribution in [1.29, 1.82) is 0 Å². The molecule has 2 amide bonds. The van der Waals surface area contributed by atoms with Gasteiger partial charge in [0.05, 0.1) is 12.8 Å². The quantitative estimate of drug-likeness (QED) is 0.876. The predicted octanol–water partition coefficient (Wildman–Crippen LogP) is 2.79. The maximum absolute atomic E-state index is 12.5. The molecule has 0 bridgehead atoms. The number of urea groups is 1. The van der Waals surface area contributed by atoms with Gasteiger partial charge in [-0.15, -0.1) is 0 Å². The number of aromatic nitrogens is 3. The van der Waals surface area contributed by atoms with Crippen LogP contribution in [0.3, 0.4) is 0 Å². The number of hydrogen-bond donors (Lipinski definition) is 2. The number of anilines is 1. The van der Waals surface area contributed by atoms with E-state index in [0.29, 0.717) is 23.3 Å². The van der Waals surface area contributed by atoms with Gasteiger partial charge in [0.15, 0.2) is 5.82 Å². The second-order valence-electron chi connectivity index (χ2n) is 6.85. The number of H-pyrrole nitrogens is 1. The smallest absolute Gasteiger partial charge is 0.321 e. The van der Waals surface area contributed by atoms with Gasteiger partial charge >= 0.3 is 6.03 Å². The Morgan fingerprint density at radius 2 is 2.20 bits per heavy atom. The van der Waals surface area contributed by atoms with Gasteiger partial charge in [-0.1, -0.05) is 12.1 Å². The van der Waals surface area contributed by atoms with E-state index in [2.05, 4.69) is 20.5 Å². The van der Waals surface area contributed by atoms with Crippen molar-refractivity contribution in [2.24, 2.45) is 5.92 Å². The van der Waals surface area contributed by atoms with Gasteiger partial charge in [-0.2, -0.15) is 5.10 Å². The Hall–Kier alpha value is -2.57. The molecule has 7 nitrogen and oxygen atoms in total. The fraction of sp³-hybridized carbons (Fsp3) is 0.500. The first-order chi connectivity index (χ1) is 12.2. The fourth-order valence-corrected chi connectivity index (χ4v) is 3.32. The van der Waals surface area contributed by atoms with E-state index in [1.165, 1.54) is 12.8 Å². The SMILES string of the molecule is COc1ccccc1NC(=O)N1CCC(Cc2nc(C3CC3)n[nH]2)C1. The summed E-state index contributed by atoms with van der Waals surface area (Å²) in [6.45, 7) is 1.50. The Bertz CT molecular complexity index is 755. The number of ether oxygens (including phenoxy) is 1. The topological polar surface area (TPSA) is 83.1 Å². The van der Waals surface area contributed by atoms with E-state index < -0.39 is 0 Å². The van der Waals surface area contributed by atoms with E-state index in [9.17, 15) is 4.79 Å². The van der Waals surface area contributed by atoms with Crippen LogP contribution >= 0.6 is 0 Å². The predicted molar refractivity (Wildman–Crippen MR) is 93.8 cm³/mol. The molecule has 7 heteroatoms. The van der Waals surface area contributed by atoms with Crippen molar-refractivity contribution in [3.05, 3.63) is 35.9 Å². The van der Waals surface area contributed by atoms with Crippen molar-refractivity contribution >= 4 is 11.7 Å². The Balaban J connectivity index is 1.32. The summed E-state index contributed by atoms with van der Waals surface area (Å²) >= 11 is 0. The number of amides is 2. The number of likely N-dealkylation sites (tertiary alicyclic amines) is 1. The normalized spacial score (nSPS) is 19.9. The van der Waals surface area contributed by atoms with E-state index in [1.54, 1.807) is 7.11 Å². The molecule has 2 N–H and O–H groups in total. The number of hydrogen-bond acceptors (Lipinski definition) is 4. The molecule has 1 aromatic carbocycles. The molecule has 1 unspecified atom stereocenters. The Morgan fingerprint density at radius 3 is 3.00 bits per heavy atom. The summed E-state index contributed by atoms with van der Waals surface area (Å²) in [5.41, 5.74) is 0.697. The first-order valence-electron chi connectivity index (χ1n) is 8.83. The third kappa shape index (κ3) is 3.60. The van der Waals surface area contributed by atoms with Gasteiger partial charge in [0, 0.05) is 25.4 Å². The molecular weight excluding hydrogens is 318 g/mol. The molecule has 2 heterocycles. The summed E-state index contributed by atoms with van der Waals surface area (Å²) in [4.78, 5) is 19.0. The zero-order chi connectivity index (χ0) is 17.2. The Kier molecular flexibility index (Phi) is 4.29. The van der Waals surface area contributed by atoms with Gasteiger partial charge in [-0.05, 0) is 37.3 Å². The van der Waals surface area contributed by atoms with Gasteiger partial charge in [0.2, 0.25) is 0 Å². The molecule has 132 valence electrons. The highest BCUT2D eigenvalue weighted by atomic mass is 16.5. The highest BCUT2D eigenvalue weighted by Crippen LogP contribution is 2.38. The van der Waals surface area contributed by atoms with Crippen molar-refractivity contribution in [2.75, 3.05) is 25.5 Å². The van der Waals surface area contributed by atoms with Crippen molar-refractivity contribution < 1.29 is 9.53 Å². The van der Waals surface area contributed by atoms with E-state index in [-0.39, 0.29) is 6.03 Å². The highest BCUT2D eigenvalue weighted by molar-refractivity contribution is 5.91. The molecule has 2 aliphatic rings. The van der Waals surface area contributed by atoms with Crippen LogP contribution in [0.2, 0.25) is 0 Å². The maximum Gasteiger partial charge on any atom is 0.321 e. The van der Waals surface area contributed by atoms with Gasteiger partial charge in [0.1, 0.15) is 11.6 Å². The summed E-state index contributed by atoms with van der Waals surface area (Å²) in [5.74, 6) is 3.55. The van der Waals surface area contributed by atoms with Crippen LogP contribution in [0.15, 0.2) is 24.3 Å². The summed E-state index contributed by atoms with van der Waals surface area (Å²) in [6.07, 6.45) is 4.24. The third-order valence-corrected chi connectivity index (χ3v) is 4.90. The second kappa shape index (κ2) is 6.74. The van der Waals surface area contributed by atoms with Gasteiger partial charge in [-0.3, -0.25) is 5.10 Å². The molecule has 1 saturated heterocycles. The fourth-order valence-electron chi connectivity index (χ4n) is 3.32. The monoisotopic (exact) mass is 341 g/mol. The molecule has 1 aliphatic carbocycles. The molecule has 0 spiro atoms. The van der Waals surface area contributed by atoms with Crippen molar-refractivity contribution in [1.82, 2.24) is 20.1 Å². The molecular formula is C18H23N5O2. The largest absolute Gasteiger partial charge is 0.495 e. The van der Waals surface area contributed by atoms with Crippen LogP contribution in [0.4, 0.5) is 10.5 Å². The molecule has 1 atom stereocenters. The Labute approximate surface area is 146 Å². The van der Waals surface area contributed by atoms with E-state index >= 15 is 0 Å². The number of benzene rings is 1. The van der Waals surface area contributed by atoms with Crippen LogP contribution in [-0.2, 0) is 6.42 Å². The minimum atomic E-state index is -0.0803. The molecule has 1 aromatic heterocycles. The third-order valence-electron chi connectivity index (χ3n) is 4.90. The number of carbonyl (C=O) groups excluding carboxylic acids is 1. The molecule has 1 saturated carbocycles. The average Bonchev–Trinajstić information content (AvgIpc) is 3.19. The van der Waals surface area contributed by atoms with Gasteiger partial charge in [0.25, 0.3) is 0 Å². The average molecular weight is 341 g/mol. The minimum Gasteiger partial charge on any atom is -0.495 e. The molecule has 0 radical (unpaired) electrons. The molecule has 4 rings (SSSR count). The molecule has 25 heavy (non-hydrogen) atoms. The van der Waals surface area contributed by atoms with Gasteiger partial charge < -0.3 is 15.0 Å². The van der Waals surface area contributed by atoms with Gasteiger partial charge in [-0.25, -0.2) is 9.78 Å². The van der Waals surface area contributed by atoms with Crippen LogP contribution in [0.5, 0.6) is 5.75 Å². The summed E-state index contributed by atoms with van der Waals surface area (Å²) in [5, 5.41) is 10.3. The van der Waals surface area contributed by atoms with Crippen LogP contribution < -0.4 is 10.1 Å². The number of para-hydroxylation sites is 2. The second-order valence-corrected chi connectivity index (χ2v) is 6.85. The highest BCUT2D eigenvalue weighted by Gasteiger charge is 2.30. The molecule has 2 fully saturated rings. The standard InChI is InChI=1S/C18H23N5O2/c1-25-15-5-3-2-4-14(15)19-18(24)23-9-8-12(11-23)10-16-20-17(22-21-16)13-6-7-13/h2-5,12-13H,6-11H2,1H3,(H,19,24)(H,20,21,22). The zero-order valence-electron chi connectivity index (χ0n) is 14.4. The number of nitrogens with zero attached hydrogens (tertiary/aromatic N) is 3. The summed E-state index contributed by atoms with van der Waals surface area (Å²) in [7, 11) is 1.60. The lowest BCUT2D eigenvalue weighted by Gasteiger charge is -2.18. The first kappa shape index (κ1) is 15.9. The molecule has 2 aromatic rings. The van der Waals surface area contributed by atoms with Crippen molar-refractivity contribution in [3.63, 3.8) is 0 Å². The number of rotatable bonds is 5. The maximum atomic E-state index is 12.5. The number of methoxy groups -OCH3 is 1. The summed E-state index contributed by atoms with van der Waals surface area (Å²) in [6, 6.07) is 7.37. The number of nitrogens with one attached hydrogen (secondary N) is 2. The van der Waals surface area contributed by atoms with Crippen LogP contribution in [0.25, 0.3) is 0 Å². The van der Waals surface area contributed by atoms with Crippen LogP contribution in [0, 0.1) is 5.92 Å². The lowest BCUT2D eigenvalue weighted by Crippen LogP contribution is -2.33. The Morgan fingerprint density at radius 1 is 1.36 bits per heavy atom. The minimum absolute atomic E-state index is 0.0803. The summed E-state index contributed by atoms with van der Waals surface area (Å²) < 4.78 is 5.28. The number of aromatic amines is 1. The van der Waals surface area contributed by atoms with E-state index in [1.807, 2.05) is 29.2 Å². The lowest BCUT2D eigenvalue weighted by atomic mass is 10.1. The lowest BCUT2D eigenvalue weighted by molar-refractivity contribution is 0.220. The first-order valence-corrected chi connectivity index (χ1v) is 8.83. The van der Waals surface area contributed by atoms with Crippen LogP contribution in [-0.4, -0.2) is 46.3 Å². The van der Waals surface area contributed by atoms with Crippen LogP contribution in [0.1, 0.15) is 36.8 Å². The molecule has 1 aliphatic heterocycles. The van der Waals surface area contributed by atoms with E-state index in [4.69, 9.17) is 4.74 Å². The van der Waals surface area contributed by atoms with Crippen molar-refractivity contribution in [3.8, 4) is 5.75 Å².